The van der Waals surface area contributed by atoms with Crippen molar-refractivity contribution in [1.29, 1.82) is 0 Å². The van der Waals surface area contributed by atoms with Crippen molar-refractivity contribution in [2.24, 2.45) is 0 Å². The maximum absolute atomic E-state index is 13.4. The Hall–Kier alpha value is -1.79. The Morgan fingerprint density at radius 2 is 1.77 bits per heavy atom. The van der Waals surface area contributed by atoms with Gasteiger partial charge in [-0.2, -0.15) is 0 Å². The highest BCUT2D eigenvalue weighted by molar-refractivity contribution is 6.35. The Morgan fingerprint density at radius 1 is 1.06 bits per heavy atom. The quantitative estimate of drug-likeness (QED) is 0.617. The lowest BCUT2D eigenvalue weighted by Gasteiger charge is -2.29. The van der Waals surface area contributed by atoms with E-state index in [0.717, 1.165) is 75.5 Å². The van der Waals surface area contributed by atoms with Gasteiger partial charge >= 0.3 is 0 Å². The molecule has 0 bridgehead atoms. The van der Waals surface area contributed by atoms with Crippen LogP contribution in [0.15, 0.2) is 42.5 Å². The molecule has 2 fully saturated rings. The second-order valence-corrected chi connectivity index (χ2v) is 9.04. The molecule has 1 heterocycles. The lowest BCUT2D eigenvalue weighted by molar-refractivity contribution is -0.121. The van der Waals surface area contributed by atoms with Gasteiger partial charge in [-0.25, -0.2) is 0 Å². The van der Waals surface area contributed by atoms with Crippen molar-refractivity contribution in [3.63, 3.8) is 0 Å². The highest BCUT2D eigenvalue weighted by Crippen LogP contribution is 2.45. The van der Waals surface area contributed by atoms with Gasteiger partial charge in [0.25, 0.3) is 0 Å². The van der Waals surface area contributed by atoms with E-state index in [1.165, 1.54) is 0 Å². The Balaban J connectivity index is 1.38. The number of amides is 1. The van der Waals surface area contributed by atoms with Gasteiger partial charge in [-0.05, 0) is 54.8 Å². The first kappa shape index (κ1) is 22.4. The zero-order chi connectivity index (χ0) is 21.7. The van der Waals surface area contributed by atoms with Crippen LogP contribution >= 0.6 is 23.2 Å². The van der Waals surface area contributed by atoms with Crippen molar-refractivity contribution in [3.05, 3.63) is 58.1 Å². The number of ether oxygens (including phenoxy) is 2. The lowest BCUT2D eigenvalue weighted by Crippen LogP contribution is -2.38. The Labute approximate surface area is 193 Å². The molecule has 1 aliphatic carbocycles. The first-order chi connectivity index (χ1) is 15.1. The SMILES string of the molecule is O=C(Nc1ccc(OCCN2CCOCC2)cc1)C1(c2ccc(Cl)cc2Cl)CCCC1. The number of nitrogens with one attached hydrogen (secondary N) is 1. The fraction of sp³-hybridized carbons (Fsp3) is 0.458. The summed E-state index contributed by atoms with van der Waals surface area (Å²) in [5.74, 6) is 0.776. The van der Waals surface area contributed by atoms with Crippen LogP contribution in [0.25, 0.3) is 0 Å². The number of carbonyl (C=O) groups is 1. The van der Waals surface area contributed by atoms with Crippen LogP contribution in [0.3, 0.4) is 0 Å². The molecule has 2 aromatic carbocycles. The molecule has 7 heteroatoms. The summed E-state index contributed by atoms with van der Waals surface area (Å²) in [4.78, 5) is 15.7. The topological polar surface area (TPSA) is 50.8 Å². The van der Waals surface area contributed by atoms with Crippen molar-refractivity contribution < 1.29 is 14.3 Å². The van der Waals surface area contributed by atoms with Crippen LogP contribution in [0.4, 0.5) is 5.69 Å². The van der Waals surface area contributed by atoms with Gasteiger partial charge in [0.05, 0.1) is 18.6 Å². The predicted molar refractivity (Wildman–Crippen MR) is 124 cm³/mol. The number of hydrogen-bond acceptors (Lipinski definition) is 4. The minimum atomic E-state index is -0.616. The number of carbonyl (C=O) groups excluding carboxylic acids is 1. The minimum Gasteiger partial charge on any atom is -0.492 e. The second kappa shape index (κ2) is 10.2. The lowest BCUT2D eigenvalue weighted by atomic mass is 9.78. The normalized spacial score (nSPS) is 18.6. The number of benzene rings is 2. The van der Waals surface area contributed by atoms with Crippen molar-refractivity contribution >= 4 is 34.8 Å². The molecule has 2 aliphatic rings. The van der Waals surface area contributed by atoms with Crippen molar-refractivity contribution in [2.75, 3.05) is 44.8 Å². The number of morpholine rings is 1. The van der Waals surface area contributed by atoms with E-state index in [0.29, 0.717) is 16.7 Å². The van der Waals surface area contributed by atoms with E-state index in [-0.39, 0.29) is 5.91 Å². The number of hydrogen-bond donors (Lipinski definition) is 1. The Bertz CT molecular complexity index is 892. The van der Waals surface area contributed by atoms with Gasteiger partial charge < -0.3 is 14.8 Å². The molecule has 5 nitrogen and oxygen atoms in total. The number of halogens is 2. The molecular weight excluding hydrogens is 435 g/mol. The van der Waals surface area contributed by atoms with E-state index in [1.807, 2.05) is 30.3 Å². The monoisotopic (exact) mass is 462 g/mol. The summed E-state index contributed by atoms with van der Waals surface area (Å²) < 4.78 is 11.2. The third-order valence-corrected chi connectivity index (χ3v) is 6.78. The molecular formula is C24H28Cl2N2O3. The molecule has 1 N–H and O–H groups in total. The van der Waals surface area contributed by atoms with E-state index in [1.54, 1.807) is 12.1 Å². The largest absolute Gasteiger partial charge is 0.492 e. The summed E-state index contributed by atoms with van der Waals surface area (Å²) in [6.07, 6.45) is 3.57. The molecule has 0 aromatic heterocycles. The van der Waals surface area contributed by atoms with Gasteiger partial charge in [-0.3, -0.25) is 9.69 Å². The van der Waals surface area contributed by atoms with Gasteiger partial charge in [-0.15, -0.1) is 0 Å². The van der Waals surface area contributed by atoms with Crippen LogP contribution in [0.1, 0.15) is 31.2 Å². The fourth-order valence-corrected chi connectivity index (χ4v) is 5.07. The van der Waals surface area contributed by atoms with Crippen molar-refractivity contribution in [1.82, 2.24) is 4.90 Å². The van der Waals surface area contributed by atoms with E-state index < -0.39 is 5.41 Å². The van der Waals surface area contributed by atoms with Gasteiger partial charge in [0.2, 0.25) is 5.91 Å². The smallest absolute Gasteiger partial charge is 0.235 e. The van der Waals surface area contributed by atoms with Gasteiger partial charge in [0.15, 0.2) is 0 Å². The third kappa shape index (κ3) is 5.35. The number of rotatable bonds is 7. The zero-order valence-electron chi connectivity index (χ0n) is 17.5. The summed E-state index contributed by atoms with van der Waals surface area (Å²) in [6.45, 7) is 4.99. The van der Waals surface area contributed by atoms with E-state index >= 15 is 0 Å². The highest BCUT2D eigenvalue weighted by Gasteiger charge is 2.44. The summed E-state index contributed by atoms with van der Waals surface area (Å²) >= 11 is 12.5. The van der Waals surface area contributed by atoms with Crippen LogP contribution in [0.5, 0.6) is 5.75 Å². The molecule has 0 unspecified atom stereocenters. The number of nitrogens with zero attached hydrogens (tertiary/aromatic N) is 1. The zero-order valence-corrected chi connectivity index (χ0v) is 19.1. The van der Waals surface area contributed by atoms with Gasteiger partial charge in [-0.1, -0.05) is 42.1 Å². The van der Waals surface area contributed by atoms with E-state index in [2.05, 4.69) is 10.2 Å². The van der Waals surface area contributed by atoms with Crippen molar-refractivity contribution in [2.45, 2.75) is 31.1 Å². The van der Waals surface area contributed by atoms with Crippen LogP contribution in [-0.4, -0.2) is 50.3 Å². The van der Waals surface area contributed by atoms with Crippen LogP contribution in [0.2, 0.25) is 10.0 Å². The first-order valence-electron chi connectivity index (χ1n) is 10.9. The molecule has 4 rings (SSSR count). The maximum atomic E-state index is 13.4. The molecule has 0 radical (unpaired) electrons. The van der Waals surface area contributed by atoms with Crippen LogP contribution in [-0.2, 0) is 14.9 Å². The molecule has 1 aliphatic heterocycles. The van der Waals surface area contributed by atoms with E-state index in [4.69, 9.17) is 32.7 Å². The molecule has 2 aromatic rings. The van der Waals surface area contributed by atoms with Crippen LogP contribution < -0.4 is 10.1 Å². The molecule has 0 atom stereocenters. The Morgan fingerprint density at radius 3 is 2.45 bits per heavy atom. The summed E-state index contributed by atoms with van der Waals surface area (Å²) in [7, 11) is 0. The maximum Gasteiger partial charge on any atom is 0.235 e. The standard InChI is InChI=1S/C24H28Cl2N2O3/c25-18-3-8-21(22(26)17-18)24(9-1-2-10-24)23(29)27-19-4-6-20(7-5-19)31-16-13-28-11-14-30-15-12-28/h3-8,17H,1-2,9-16H2,(H,27,29). The fourth-order valence-electron chi connectivity index (χ4n) is 4.48. The average Bonchev–Trinajstić information content (AvgIpc) is 3.27. The molecule has 1 saturated carbocycles. The minimum absolute atomic E-state index is 0.0183. The summed E-state index contributed by atoms with van der Waals surface area (Å²) in [5, 5.41) is 4.22. The first-order valence-corrected chi connectivity index (χ1v) is 11.6. The van der Waals surface area contributed by atoms with Crippen molar-refractivity contribution in [3.8, 4) is 5.75 Å². The molecule has 0 spiro atoms. The molecule has 31 heavy (non-hydrogen) atoms. The summed E-state index contributed by atoms with van der Waals surface area (Å²) in [5.41, 5.74) is 0.994. The molecule has 1 amide bonds. The second-order valence-electron chi connectivity index (χ2n) is 8.19. The number of anilines is 1. The van der Waals surface area contributed by atoms with E-state index in [9.17, 15) is 4.79 Å². The highest BCUT2D eigenvalue weighted by atomic mass is 35.5. The van der Waals surface area contributed by atoms with Crippen LogP contribution in [0, 0.1) is 0 Å². The van der Waals surface area contributed by atoms with Gasteiger partial charge in [0.1, 0.15) is 12.4 Å². The Kier molecular flexibility index (Phi) is 7.39. The molecule has 166 valence electrons. The predicted octanol–water partition coefficient (Wildman–Crippen LogP) is 5.15. The third-order valence-electron chi connectivity index (χ3n) is 6.23. The molecule has 1 saturated heterocycles. The summed E-state index contributed by atoms with van der Waals surface area (Å²) in [6, 6.07) is 13.0. The average molecular weight is 463 g/mol. The van der Waals surface area contributed by atoms with Gasteiger partial charge in [0, 0.05) is 35.4 Å².